The maximum Gasteiger partial charge on any atom is 0.138 e. The van der Waals surface area contributed by atoms with Crippen LogP contribution in [0.1, 0.15) is 5.56 Å². The lowest BCUT2D eigenvalue weighted by molar-refractivity contribution is 0.968. The number of nitrogens with one attached hydrogen (secondary N) is 1. The number of H-pyrrole nitrogens is 1. The first kappa shape index (κ1) is 11.0. The van der Waals surface area contributed by atoms with Crippen LogP contribution in [0.2, 0.25) is 0 Å². The van der Waals surface area contributed by atoms with Gasteiger partial charge < -0.3 is 10.7 Å². The predicted molar refractivity (Wildman–Crippen MR) is 74.3 cm³/mol. The van der Waals surface area contributed by atoms with Gasteiger partial charge in [-0.15, -0.1) is 0 Å². The maximum atomic E-state index is 5.65. The third kappa shape index (κ3) is 1.89. The first-order valence-electron chi connectivity index (χ1n) is 6.11. The summed E-state index contributed by atoms with van der Waals surface area (Å²) >= 11 is 0. The first-order chi connectivity index (χ1) is 8.88. The second-order valence-electron chi connectivity index (χ2n) is 4.30. The molecule has 1 heterocycles. The van der Waals surface area contributed by atoms with E-state index < -0.39 is 0 Å². The second kappa shape index (κ2) is 4.63. The number of nitrogens with two attached hydrogens (primary N) is 1. The quantitative estimate of drug-likeness (QED) is 0.736. The van der Waals surface area contributed by atoms with Gasteiger partial charge in [0, 0.05) is 5.56 Å². The van der Waals surface area contributed by atoms with E-state index in [1.54, 1.807) is 0 Å². The molecule has 0 unspecified atom stereocenters. The summed E-state index contributed by atoms with van der Waals surface area (Å²) in [5.41, 5.74) is 10.1. The number of benzene rings is 2. The molecule has 3 heteroatoms. The van der Waals surface area contributed by atoms with Crippen molar-refractivity contribution in [2.45, 2.75) is 6.42 Å². The molecule has 0 radical (unpaired) electrons. The minimum Gasteiger partial charge on any atom is -0.338 e. The zero-order valence-corrected chi connectivity index (χ0v) is 10.1. The zero-order chi connectivity index (χ0) is 12.4. The molecule has 3 rings (SSSR count). The van der Waals surface area contributed by atoms with Gasteiger partial charge in [-0.3, -0.25) is 0 Å². The molecule has 0 saturated heterocycles. The SMILES string of the molecule is NCCc1ccccc1-c1nc2ccccc2[nH]1. The summed E-state index contributed by atoms with van der Waals surface area (Å²) < 4.78 is 0. The Hall–Kier alpha value is -2.13. The summed E-state index contributed by atoms with van der Waals surface area (Å²) in [7, 11) is 0. The molecule has 0 bridgehead atoms. The summed E-state index contributed by atoms with van der Waals surface area (Å²) in [6.45, 7) is 0.650. The van der Waals surface area contributed by atoms with Gasteiger partial charge in [0.2, 0.25) is 0 Å². The standard InChI is InChI=1S/C15H15N3/c16-10-9-11-5-1-2-6-12(11)15-17-13-7-3-4-8-14(13)18-15/h1-8H,9-10,16H2,(H,17,18). The number of nitrogens with zero attached hydrogens (tertiary/aromatic N) is 1. The number of fused-ring (bicyclic) bond motifs is 1. The van der Waals surface area contributed by atoms with E-state index in [9.17, 15) is 0 Å². The normalized spacial score (nSPS) is 10.9. The van der Waals surface area contributed by atoms with Crippen LogP contribution in [-0.2, 0) is 6.42 Å². The van der Waals surface area contributed by atoms with Crippen molar-refractivity contribution in [2.75, 3.05) is 6.54 Å². The summed E-state index contributed by atoms with van der Waals surface area (Å²) in [5.74, 6) is 0.917. The number of aromatic nitrogens is 2. The van der Waals surface area contributed by atoms with Crippen LogP contribution >= 0.6 is 0 Å². The highest BCUT2D eigenvalue weighted by Gasteiger charge is 2.08. The minimum absolute atomic E-state index is 0.650. The molecule has 2 aromatic carbocycles. The number of imidazole rings is 1. The van der Waals surface area contributed by atoms with Gasteiger partial charge in [0.25, 0.3) is 0 Å². The molecule has 18 heavy (non-hydrogen) atoms. The van der Waals surface area contributed by atoms with E-state index >= 15 is 0 Å². The predicted octanol–water partition coefficient (Wildman–Crippen LogP) is 2.73. The zero-order valence-electron chi connectivity index (χ0n) is 10.1. The molecule has 3 nitrogen and oxygen atoms in total. The van der Waals surface area contributed by atoms with E-state index in [0.717, 1.165) is 28.8 Å². The molecule has 3 N–H and O–H groups in total. The van der Waals surface area contributed by atoms with Crippen LogP contribution in [0.25, 0.3) is 22.4 Å². The lowest BCUT2D eigenvalue weighted by atomic mass is 10.0. The molecule has 3 aromatic rings. The summed E-state index contributed by atoms with van der Waals surface area (Å²) in [6.07, 6.45) is 0.868. The van der Waals surface area contributed by atoms with Gasteiger partial charge in [-0.25, -0.2) is 4.98 Å². The monoisotopic (exact) mass is 237 g/mol. The van der Waals surface area contributed by atoms with E-state index in [4.69, 9.17) is 5.73 Å². The summed E-state index contributed by atoms with van der Waals surface area (Å²) in [4.78, 5) is 7.99. The van der Waals surface area contributed by atoms with E-state index in [0.29, 0.717) is 6.54 Å². The van der Waals surface area contributed by atoms with Crippen molar-refractivity contribution in [2.24, 2.45) is 5.73 Å². The second-order valence-corrected chi connectivity index (χ2v) is 4.30. The molecule has 0 amide bonds. The van der Waals surface area contributed by atoms with Gasteiger partial charge in [-0.1, -0.05) is 36.4 Å². The van der Waals surface area contributed by atoms with Crippen molar-refractivity contribution in [1.29, 1.82) is 0 Å². The van der Waals surface area contributed by atoms with Crippen molar-refractivity contribution in [3.63, 3.8) is 0 Å². The summed E-state index contributed by atoms with van der Waals surface area (Å²) in [6, 6.07) is 16.3. The van der Waals surface area contributed by atoms with Gasteiger partial charge in [0.15, 0.2) is 0 Å². The van der Waals surface area contributed by atoms with E-state index in [1.807, 2.05) is 36.4 Å². The highest BCUT2D eigenvalue weighted by atomic mass is 14.9. The third-order valence-electron chi connectivity index (χ3n) is 3.08. The van der Waals surface area contributed by atoms with Gasteiger partial charge >= 0.3 is 0 Å². The smallest absolute Gasteiger partial charge is 0.138 e. The Labute approximate surface area is 106 Å². The van der Waals surface area contributed by atoms with Crippen molar-refractivity contribution in [3.8, 4) is 11.4 Å². The maximum absolute atomic E-state index is 5.65. The fourth-order valence-electron chi connectivity index (χ4n) is 2.21. The Morgan fingerprint density at radius 2 is 1.78 bits per heavy atom. The average molecular weight is 237 g/mol. The molecule has 0 saturated carbocycles. The molecule has 0 aliphatic rings. The number of rotatable bonds is 3. The molecular formula is C15H15N3. The van der Waals surface area contributed by atoms with Crippen LogP contribution in [-0.4, -0.2) is 16.5 Å². The van der Waals surface area contributed by atoms with Crippen molar-refractivity contribution in [1.82, 2.24) is 9.97 Å². The van der Waals surface area contributed by atoms with Crippen LogP contribution < -0.4 is 5.73 Å². The van der Waals surface area contributed by atoms with Crippen LogP contribution in [0.4, 0.5) is 0 Å². The highest BCUT2D eigenvalue weighted by Crippen LogP contribution is 2.23. The van der Waals surface area contributed by atoms with Gasteiger partial charge in [-0.05, 0) is 30.7 Å². The largest absolute Gasteiger partial charge is 0.338 e. The molecule has 0 atom stereocenters. The van der Waals surface area contributed by atoms with Crippen LogP contribution in [0.3, 0.4) is 0 Å². The average Bonchev–Trinajstić information content (AvgIpc) is 2.83. The van der Waals surface area contributed by atoms with Crippen LogP contribution in [0.15, 0.2) is 48.5 Å². The lowest BCUT2D eigenvalue weighted by Crippen LogP contribution is -2.04. The van der Waals surface area contributed by atoms with E-state index in [1.165, 1.54) is 5.56 Å². The van der Waals surface area contributed by atoms with Gasteiger partial charge in [-0.2, -0.15) is 0 Å². The molecule has 0 fully saturated rings. The minimum atomic E-state index is 0.650. The first-order valence-corrected chi connectivity index (χ1v) is 6.11. The molecular weight excluding hydrogens is 222 g/mol. The molecule has 1 aromatic heterocycles. The van der Waals surface area contributed by atoms with Crippen molar-refractivity contribution < 1.29 is 0 Å². The van der Waals surface area contributed by atoms with E-state index in [-0.39, 0.29) is 0 Å². The third-order valence-corrected chi connectivity index (χ3v) is 3.08. The molecule has 0 aliphatic heterocycles. The Morgan fingerprint density at radius 3 is 2.61 bits per heavy atom. The number of para-hydroxylation sites is 2. The van der Waals surface area contributed by atoms with Gasteiger partial charge in [0.1, 0.15) is 5.82 Å². The van der Waals surface area contributed by atoms with E-state index in [2.05, 4.69) is 22.1 Å². The number of hydrogen-bond donors (Lipinski definition) is 2. The van der Waals surface area contributed by atoms with Gasteiger partial charge in [0.05, 0.1) is 11.0 Å². The Morgan fingerprint density at radius 1 is 1.00 bits per heavy atom. The van der Waals surface area contributed by atoms with Crippen LogP contribution in [0.5, 0.6) is 0 Å². The lowest BCUT2D eigenvalue weighted by Gasteiger charge is -2.05. The Kier molecular flexibility index (Phi) is 2.82. The fourth-order valence-corrected chi connectivity index (χ4v) is 2.21. The Bertz CT molecular complexity index is 637. The molecule has 0 spiro atoms. The fraction of sp³-hybridized carbons (Fsp3) is 0.133. The Balaban J connectivity index is 2.13. The topological polar surface area (TPSA) is 54.7 Å². The molecule has 0 aliphatic carbocycles. The van der Waals surface area contributed by atoms with Crippen molar-refractivity contribution >= 4 is 11.0 Å². The summed E-state index contributed by atoms with van der Waals surface area (Å²) in [5, 5.41) is 0. The van der Waals surface area contributed by atoms with Crippen LogP contribution in [0, 0.1) is 0 Å². The van der Waals surface area contributed by atoms with Crippen molar-refractivity contribution in [3.05, 3.63) is 54.1 Å². The highest BCUT2D eigenvalue weighted by molar-refractivity contribution is 5.79. The number of aromatic amines is 1. The number of hydrogen-bond acceptors (Lipinski definition) is 2. The molecule has 90 valence electrons.